The van der Waals surface area contributed by atoms with Crippen molar-refractivity contribution >= 4 is 5.91 Å². The summed E-state index contributed by atoms with van der Waals surface area (Å²) in [7, 11) is 0. The van der Waals surface area contributed by atoms with E-state index in [2.05, 4.69) is 5.32 Å². The van der Waals surface area contributed by atoms with Crippen LogP contribution in [0.4, 0.5) is 4.39 Å². The highest BCUT2D eigenvalue weighted by atomic mass is 19.1. The summed E-state index contributed by atoms with van der Waals surface area (Å²) in [4.78, 5) is 12.3. The third-order valence-corrected chi connectivity index (χ3v) is 4.15. The first-order valence-corrected chi connectivity index (χ1v) is 7.24. The highest BCUT2D eigenvalue weighted by molar-refractivity contribution is 5.86. The zero-order chi connectivity index (χ0) is 15.5. The Bertz CT molecular complexity index is 494. The number of ether oxygens (including phenoxy) is 1. The molecule has 1 fully saturated rings. The molecule has 5 heteroatoms. The first-order chi connectivity index (χ1) is 9.83. The van der Waals surface area contributed by atoms with E-state index in [1.54, 1.807) is 12.1 Å². The third-order valence-electron chi connectivity index (χ3n) is 4.15. The molecule has 0 bridgehead atoms. The molecular formula is C16H23FN2O2. The number of hydrogen-bond donors (Lipinski definition) is 2. The van der Waals surface area contributed by atoms with E-state index in [4.69, 9.17) is 10.5 Å². The van der Waals surface area contributed by atoms with Crippen LogP contribution in [-0.4, -0.2) is 31.2 Å². The minimum Gasteiger partial charge on any atom is -0.381 e. The normalized spacial score (nSPS) is 18.3. The van der Waals surface area contributed by atoms with Crippen molar-refractivity contribution in [1.29, 1.82) is 0 Å². The molecule has 0 aromatic heterocycles. The molecule has 0 atom stereocenters. The van der Waals surface area contributed by atoms with Crippen LogP contribution in [0.1, 0.15) is 32.3 Å². The lowest BCUT2D eigenvalue weighted by Gasteiger charge is -2.34. The average molecular weight is 294 g/mol. The Morgan fingerprint density at radius 2 is 1.90 bits per heavy atom. The van der Waals surface area contributed by atoms with Crippen LogP contribution in [0.25, 0.3) is 0 Å². The lowest BCUT2D eigenvalue weighted by molar-refractivity contribution is -0.130. The van der Waals surface area contributed by atoms with Crippen molar-refractivity contribution in [3.8, 4) is 0 Å². The molecule has 1 heterocycles. The maximum Gasteiger partial charge on any atom is 0.240 e. The van der Waals surface area contributed by atoms with Crippen LogP contribution in [0.2, 0.25) is 0 Å². The number of nitrogens with one attached hydrogen (secondary N) is 1. The molecule has 3 N–H and O–H groups in total. The number of rotatable bonds is 4. The van der Waals surface area contributed by atoms with E-state index in [0.717, 1.165) is 5.56 Å². The van der Waals surface area contributed by atoms with Gasteiger partial charge in [0, 0.05) is 25.2 Å². The van der Waals surface area contributed by atoms with Gasteiger partial charge >= 0.3 is 0 Å². The van der Waals surface area contributed by atoms with Crippen molar-refractivity contribution in [2.75, 3.05) is 19.8 Å². The minimum absolute atomic E-state index is 0.138. The number of carbonyl (C=O) groups is 1. The fraction of sp³-hybridized carbons (Fsp3) is 0.562. The summed E-state index contributed by atoms with van der Waals surface area (Å²) in [6.45, 7) is 5.51. The van der Waals surface area contributed by atoms with E-state index >= 15 is 0 Å². The van der Waals surface area contributed by atoms with Crippen LogP contribution in [0.5, 0.6) is 0 Å². The molecule has 0 unspecified atom stereocenters. The van der Waals surface area contributed by atoms with E-state index in [1.165, 1.54) is 12.1 Å². The molecule has 1 saturated heterocycles. The fourth-order valence-corrected chi connectivity index (χ4v) is 2.44. The molecule has 21 heavy (non-hydrogen) atoms. The Morgan fingerprint density at radius 1 is 1.33 bits per heavy atom. The molecule has 0 aliphatic carbocycles. The van der Waals surface area contributed by atoms with Crippen LogP contribution in [-0.2, 0) is 14.9 Å². The van der Waals surface area contributed by atoms with Crippen LogP contribution >= 0.6 is 0 Å². The van der Waals surface area contributed by atoms with Gasteiger partial charge in [0.05, 0.1) is 5.54 Å². The first kappa shape index (κ1) is 15.9. The molecular weight excluding hydrogens is 271 g/mol. The van der Waals surface area contributed by atoms with Gasteiger partial charge in [-0.3, -0.25) is 4.79 Å². The molecule has 1 amide bonds. The molecule has 1 aromatic rings. The second kappa shape index (κ2) is 6.12. The Morgan fingerprint density at radius 3 is 2.48 bits per heavy atom. The maximum absolute atomic E-state index is 13.0. The molecule has 116 valence electrons. The number of benzene rings is 1. The summed E-state index contributed by atoms with van der Waals surface area (Å²) in [5, 5.41) is 2.93. The number of halogens is 1. The van der Waals surface area contributed by atoms with E-state index in [9.17, 15) is 9.18 Å². The maximum atomic E-state index is 13.0. The highest BCUT2D eigenvalue weighted by Crippen LogP contribution is 2.23. The fourth-order valence-electron chi connectivity index (χ4n) is 2.44. The summed E-state index contributed by atoms with van der Waals surface area (Å²) in [6, 6.07) is 6.35. The zero-order valence-electron chi connectivity index (χ0n) is 12.6. The third kappa shape index (κ3) is 3.80. The number of nitrogens with two attached hydrogens (primary N) is 1. The molecule has 0 spiro atoms. The van der Waals surface area contributed by atoms with Gasteiger partial charge in [-0.25, -0.2) is 4.39 Å². The number of carbonyl (C=O) groups excluding carboxylic acids is 1. The second-order valence-corrected chi connectivity index (χ2v) is 6.34. The summed E-state index contributed by atoms with van der Waals surface area (Å²) in [5.74, 6) is -0.400. The topological polar surface area (TPSA) is 64.4 Å². The second-order valence-electron chi connectivity index (χ2n) is 6.34. The van der Waals surface area contributed by atoms with Gasteiger partial charge in [-0.2, -0.15) is 0 Å². The summed E-state index contributed by atoms with van der Waals surface area (Å²) < 4.78 is 18.2. The Kier molecular flexibility index (Phi) is 4.64. The van der Waals surface area contributed by atoms with Crippen LogP contribution < -0.4 is 11.1 Å². The monoisotopic (exact) mass is 294 g/mol. The minimum atomic E-state index is -0.836. The van der Waals surface area contributed by atoms with Crippen molar-refractivity contribution < 1.29 is 13.9 Å². The average Bonchev–Trinajstić information content (AvgIpc) is 2.46. The SMILES string of the molecule is CC(C)(CNC(=O)C1(N)CCOCC1)c1ccc(F)cc1. The first-order valence-electron chi connectivity index (χ1n) is 7.24. The highest BCUT2D eigenvalue weighted by Gasteiger charge is 2.36. The Labute approximate surface area is 124 Å². The molecule has 1 aromatic carbocycles. The molecule has 0 radical (unpaired) electrons. The number of amides is 1. The van der Waals surface area contributed by atoms with Gasteiger partial charge in [0.25, 0.3) is 0 Å². The lowest BCUT2D eigenvalue weighted by Crippen LogP contribution is -2.58. The molecule has 1 aliphatic rings. The van der Waals surface area contributed by atoms with Crippen molar-refractivity contribution in [3.05, 3.63) is 35.6 Å². The number of hydrogen-bond acceptors (Lipinski definition) is 3. The quantitative estimate of drug-likeness (QED) is 0.889. The van der Waals surface area contributed by atoms with Gasteiger partial charge < -0.3 is 15.8 Å². The smallest absolute Gasteiger partial charge is 0.240 e. The zero-order valence-corrected chi connectivity index (χ0v) is 12.6. The van der Waals surface area contributed by atoms with E-state index in [1.807, 2.05) is 13.8 Å². The molecule has 2 rings (SSSR count). The summed E-state index contributed by atoms with van der Waals surface area (Å²) >= 11 is 0. The van der Waals surface area contributed by atoms with Gasteiger partial charge in [-0.15, -0.1) is 0 Å². The lowest BCUT2D eigenvalue weighted by atomic mass is 9.83. The van der Waals surface area contributed by atoms with Crippen molar-refractivity contribution in [1.82, 2.24) is 5.32 Å². The van der Waals surface area contributed by atoms with E-state index < -0.39 is 5.54 Å². The van der Waals surface area contributed by atoms with Gasteiger partial charge in [0.2, 0.25) is 5.91 Å². The molecule has 1 aliphatic heterocycles. The summed E-state index contributed by atoms with van der Waals surface area (Å²) in [5.41, 5.74) is 6.00. The van der Waals surface area contributed by atoms with Gasteiger partial charge in [-0.05, 0) is 30.5 Å². The molecule has 4 nitrogen and oxygen atoms in total. The summed E-state index contributed by atoms with van der Waals surface area (Å²) in [6.07, 6.45) is 1.08. The Hall–Kier alpha value is -1.46. The van der Waals surface area contributed by atoms with E-state index in [-0.39, 0.29) is 17.1 Å². The standard InChI is InChI=1S/C16H23FN2O2/c1-15(2,12-3-5-13(17)6-4-12)11-19-14(20)16(18)7-9-21-10-8-16/h3-6H,7-11,18H2,1-2H3,(H,19,20). The van der Waals surface area contributed by atoms with Gasteiger partial charge in [0.1, 0.15) is 5.82 Å². The molecule has 0 saturated carbocycles. The van der Waals surface area contributed by atoms with Crippen LogP contribution in [0.15, 0.2) is 24.3 Å². The van der Waals surface area contributed by atoms with Crippen LogP contribution in [0.3, 0.4) is 0 Å². The predicted molar refractivity (Wildman–Crippen MR) is 79.4 cm³/mol. The van der Waals surface area contributed by atoms with Crippen molar-refractivity contribution in [2.24, 2.45) is 5.73 Å². The van der Waals surface area contributed by atoms with E-state index in [0.29, 0.717) is 32.6 Å². The predicted octanol–water partition coefficient (Wildman–Crippen LogP) is 1.73. The van der Waals surface area contributed by atoms with Crippen molar-refractivity contribution in [2.45, 2.75) is 37.6 Å². The van der Waals surface area contributed by atoms with Gasteiger partial charge in [-0.1, -0.05) is 26.0 Å². The van der Waals surface area contributed by atoms with Crippen LogP contribution in [0, 0.1) is 5.82 Å². The van der Waals surface area contributed by atoms with Gasteiger partial charge in [0.15, 0.2) is 0 Å². The van der Waals surface area contributed by atoms with Crippen molar-refractivity contribution in [3.63, 3.8) is 0 Å². The Balaban J connectivity index is 1.97. The largest absolute Gasteiger partial charge is 0.381 e.